The first kappa shape index (κ1) is 16.3. The normalized spacial score (nSPS) is 10.8. The second kappa shape index (κ2) is 6.92. The number of aryl methyl sites for hydroxylation is 3. The minimum Gasteiger partial charge on any atom is -0.469 e. The zero-order valence-corrected chi connectivity index (χ0v) is 14.4. The van der Waals surface area contributed by atoms with E-state index in [1.165, 1.54) is 11.8 Å². The number of carbonyl (C=O) groups excluding carboxylic acids is 1. The Morgan fingerprint density at radius 2 is 1.92 bits per heavy atom. The van der Waals surface area contributed by atoms with E-state index in [9.17, 15) is 4.79 Å². The van der Waals surface area contributed by atoms with Crippen molar-refractivity contribution < 1.29 is 13.6 Å². The van der Waals surface area contributed by atoms with Crippen molar-refractivity contribution in [1.82, 2.24) is 10.2 Å². The molecule has 0 fully saturated rings. The number of nitrogens with one attached hydrogen (secondary N) is 1. The molecule has 0 atom stereocenters. The predicted molar refractivity (Wildman–Crippen MR) is 92.0 cm³/mol. The first-order chi connectivity index (χ1) is 11.5. The van der Waals surface area contributed by atoms with E-state index in [0.29, 0.717) is 16.9 Å². The van der Waals surface area contributed by atoms with Gasteiger partial charge in [0.1, 0.15) is 5.76 Å². The maximum Gasteiger partial charge on any atom is 0.277 e. The summed E-state index contributed by atoms with van der Waals surface area (Å²) in [7, 11) is 0. The molecule has 1 amide bonds. The quantitative estimate of drug-likeness (QED) is 0.706. The van der Waals surface area contributed by atoms with Crippen LogP contribution in [-0.4, -0.2) is 21.9 Å². The number of amides is 1. The molecule has 2 heterocycles. The molecule has 0 aliphatic carbocycles. The summed E-state index contributed by atoms with van der Waals surface area (Å²) in [5.74, 6) is 1.17. The monoisotopic (exact) mass is 343 g/mol. The van der Waals surface area contributed by atoms with E-state index in [1.54, 1.807) is 12.3 Å². The van der Waals surface area contributed by atoms with Crippen molar-refractivity contribution >= 4 is 23.4 Å². The SMILES string of the molecule is Cc1cc(C)cc(NC(=O)CSc2nnc(-c3ccoc3C)o2)c1. The minimum atomic E-state index is -0.121. The zero-order chi connectivity index (χ0) is 17.1. The molecule has 2 aromatic heterocycles. The highest BCUT2D eigenvalue weighted by atomic mass is 32.2. The number of hydrogen-bond donors (Lipinski definition) is 1. The lowest BCUT2D eigenvalue weighted by Crippen LogP contribution is -2.14. The van der Waals surface area contributed by atoms with Crippen LogP contribution < -0.4 is 5.32 Å². The molecule has 124 valence electrons. The molecule has 0 aliphatic rings. The Bertz CT molecular complexity index is 849. The predicted octanol–water partition coefficient (Wildman–Crippen LogP) is 3.99. The summed E-state index contributed by atoms with van der Waals surface area (Å²) in [6, 6.07) is 7.69. The molecule has 0 aliphatic heterocycles. The van der Waals surface area contributed by atoms with E-state index in [2.05, 4.69) is 21.6 Å². The summed E-state index contributed by atoms with van der Waals surface area (Å²) in [5, 5.41) is 11.1. The van der Waals surface area contributed by atoms with Gasteiger partial charge in [-0.1, -0.05) is 17.8 Å². The van der Waals surface area contributed by atoms with Gasteiger partial charge in [0.05, 0.1) is 17.6 Å². The van der Waals surface area contributed by atoms with Gasteiger partial charge in [-0.15, -0.1) is 10.2 Å². The topological polar surface area (TPSA) is 81.2 Å². The highest BCUT2D eigenvalue weighted by molar-refractivity contribution is 7.99. The molecule has 1 aromatic carbocycles. The molecule has 0 unspecified atom stereocenters. The van der Waals surface area contributed by atoms with Crippen LogP contribution in [0.3, 0.4) is 0 Å². The summed E-state index contributed by atoms with van der Waals surface area (Å²) in [5.41, 5.74) is 3.76. The van der Waals surface area contributed by atoms with Crippen LogP contribution in [0.5, 0.6) is 0 Å². The third-order valence-corrected chi connectivity index (χ3v) is 4.15. The van der Waals surface area contributed by atoms with Crippen LogP contribution in [0.2, 0.25) is 0 Å². The molecule has 0 spiro atoms. The Balaban J connectivity index is 1.59. The number of hydrogen-bond acceptors (Lipinski definition) is 6. The Labute approximate surface area is 143 Å². The van der Waals surface area contributed by atoms with Crippen molar-refractivity contribution in [2.45, 2.75) is 26.0 Å². The van der Waals surface area contributed by atoms with Crippen LogP contribution in [0.15, 0.2) is 44.6 Å². The Hall–Kier alpha value is -2.54. The number of nitrogens with zero attached hydrogens (tertiary/aromatic N) is 2. The first-order valence-corrected chi connectivity index (χ1v) is 8.39. The number of rotatable bonds is 5. The number of thioether (sulfide) groups is 1. The Morgan fingerprint density at radius 1 is 1.17 bits per heavy atom. The molecule has 3 aromatic rings. The molecule has 3 rings (SSSR count). The molecule has 0 saturated carbocycles. The summed E-state index contributed by atoms with van der Waals surface area (Å²) < 4.78 is 10.8. The second-order valence-electron chi connectivity index (χ2n) is 5.48. The highest BCUT2D eigenvalue weighted by Gasteiger charge is 2.14. The van der Waals surface area contributed by atoms with Crippen LogP contribution in [0.4, 0.5) is 5.69 Å². The number of furan rings is 1. The first-order valence-electron chi connectivity index (χ1n) is 7.40. The van der Waals surface area contributed by atoms with Gasteiger partial charge in [-0.25, -0.2) is 0 Å². The van der Waals surface area contributed by atoms with Crippen molar-refractivity contribution in [1.29, 1.82) is 0 Å². The molecule has 6 nitrogen and oxygen atoms in total. The van der Waals surface area contributed by atoms with Crippen molar-refractivity contribution in [3.05, 3.63) is 47.4 Å². The van der Waals surface area contributed by atoms with Gasteiger partial charge in [0.2, 0.25) is 5.91 Å². The maximum absolute atomic E-state index is 12.1. The van der Waals surface area contributed by atoms with E-state index < -0.39 is 0 Å². The van der Waals surface area contributed by atoms with Crippen LogP contribution in [0.25, 0.3) is 11.5 Å². The lowest BCUT2D eigenvalue weighted by Gasteiger charge is -2.06. The molecular formula is C17H17N3O3S. The largest absolute Gasteiger partial charge is 0.469 e. The van der Waals surface area contributed by atoms with Gasteiger partial charge in [-0.3, -0.25) is 4.79 Å². The molecule has 24 heavy (non-hydrogen) atoms. The fraction of sp³-hybridized carbons (Fsp3) is 0.235. The van der Waals surface area contributed by atoms with E-state index in [-0.39, 0.29) is 11.7 Å². The number of carbonyl (C=O) groups is 1. The Kier molecular flexibility index (Phi) is 4.71. The van der Waals surface area contributed by atoms with Crippen LogP contribution >= 0.6 is 11.8 Å². The summed E-state index contributed by atoms with van der Waals surface area (Å²) in [6.07, 6.45) is 1.57. The van der Waals surface area contributed by atoms with Crippen LogP contribution in [0, 0.1) is 20.8 Å². The lowest BCUT2D eigenvalue weighted by molar-refractivity contribution is -0.113. The number of anilines is 1. The molecule has 0 bridgehead atoms. The third kappa shape index (κ3) is 3.86. The minimum absolute atomic E-state index is 0.121. The number of benzene rings is 1. The fourth-order valence-corrected chi connectivity index (χ4v) is 2.92. The average molecular weight is 343 g/mol. The van der Waals surface area contributed by atoms with Gasteiger partial charge in [0.25, 0.3) is 11.1 Å². The standard InChI is InChI=1S/C17H17N3O3S/c1-10-6-11(2)8-13(7-10)18-15(21)9-24-17-20-19-16(23-17)14-4-5-22-12(14)3/h4-8H,9H2,1-3H3,(H,18,21). The molecule has 7 heteroatoms. The van der Waals surface area contributed by atoms with Gasteiger partial charge in [0.15, 0.2) is 0 Å². The van der Waals surface area contributed by atoms with Gasteiger partial charge in [-0.05, 0) is 50.1 Å². The maximum atomic E-state index is 12.1. The van der Waals surface area contributed by atoms with E-state index >= 15 is 0 Å². The van der Waals surface area contributed by atoms with Crippen molar-refractivity contribution in [3.8, 4) is 11.5 Å². The molecule has 0 radical (unpaired) electrons. The van der Waals surface area contributed by atoms with Gasteiger partial charge in [-0.2, -0.15) is 0 Å². The lowest BCUT2D eigenvalue weighted by atomic mass is 10.1. The van der Waals surface area contributed by atoms with E-state index in [1.807, 2.05) is 32.9 Å². The molecule has 1 N–H and O–H groups in total. The average Bonchev–Trinajstić information content (AvgIpc) is 3.12. The highest BCUT2D eigenvalue weighted by Crippen LogP contribution is 2.26. The van der Waals surface area contributed by atoms with Crippen LogP contribution in [-0.2, 0) is 4.79 Å². The van der Waals surface area contributed by atoms with Crippen LogP contribution in [0.1, 0.15) is 16.9 Å². The van der Waals surface area contributed by atoms with Gasteiger partial charge < -0.3 is 14.2 Å². The summed E-state index contributed by atoms with van der Waals surface area (Å²) >= 11 is 1.20. The van der Waals surface area contributed by atoms with E-state index in [4.69, 9.17) is 8.83 Å². The van der Waals surface area contributed by atoms with E-state index in [0.717, 1.165) is 22.4 Å². The second-order valence-corrected chi connectivity index (χ2v) is 6.40. The Morgan fingerprint density at radius 3 is 2.58 bits per heavy atom. The summed E-state index contributed by atoms with van der Waals surface area (Å²) in [4.78, 5) is 12.1. The van der Waals surface area contributed by atoms with Crippen molar-refractivity contribution in [3.63, 3.8) is 0 Å². The smallest absolute Gasteiger partial charge is 0.277 e. The summed E-state index contributed by atoms with van der Waals surface area (Å²) in [6.45, 7) is 5.81. The molecule has 0 saturated heterocycles. The molecular weight excluding hydrogens is 326 g/mol. The van der Waals surface area contributed by atoms with Crippen molar-refractivity contribution in [2.24, 2.45) is 0 Å². The third-order valence-electron chi connectivity index (χ3n) is 3.33. The van der Waals surface area contributed by atoms with Gasteiger partial charge in [0, 0.05) is 5.69 Å². The fourth-order valence-electron chi connectivity index (χ4n) is 2.35. The number of aromatic nitrogens is 2. The van der Waals surface area contributed by atoms with Crippen molar-refractivity contribution in [2.75, 3.05) is 11.1 Å². The zero-order valence-electron chi connectivity index (χ0n) is 13.6. The van der Waals surface area contributed by atoms with Gasteiger partial charge >= 0.3 is 0 Å².